The molecule has 0 radical (unpaired) electrons. The summed E-state index contributed by atoms with van der Waals surface area (Å²) in [5, 5.41) is 5.24. The second-order valence-electron chi connectivity index (χ2n) is 3.73. The maximum absolute atomic E-state index is 12.0. The van der Waals surface area contributed by atoms with Gasteiger partial charge in [0, 0.05) is 12.2 Å². The van der Waals surface area contributed by atoms with Crippen molar-refractivity contribution in [1.29, 1.82) is 0 Å². The number of alkyl halides is 3. The Morgan fingerprint density at radius 3 is 2.21 bits per heavy atom. The molecule has 2 N–H and O–H groups in total. The van der Waals surface area contributed by atoms with Crippen molar-refractivity contribution in [2.75, 3.05) is 18.5 Å². The van der Waals surface area contributed by atoms with Gasteiger partial charge in [-0.3, -0.25) is 0 Å². The summed E-state index contributed by atoms with van der Waals surface area (Å²) in [7, 11) is -5.02. The summed E-state index contributed by atoms with van der Waals surface area (Å²) >= 11 is 4.85. The van der Waals surface area contributed by atoms with Gasteiger partial charge in [0.2, 0.25) is 0 Å². The smallest absolute Gasteiger partial charge is 0.790 e. The van der Waals surface area contributed by atoms with E-state index in [1.165, 1.54) is 12.1 Å². The first kappa shape index (κ1) is 26.8. The number of phosphoric ester groups is 1. The second-order valence-corrected chi connectivity index (χ2v) is 5.29. The molecule has 0 aliphatic rings. The van der Waals surface area contributed by atoms with E-state index in [4.69, 9.17) is 12.2 Å². The quantitative estimate of drug-likeness (QED) is 0.210. The second kappa shape index (κ2) is 12.1. The van der Waals surface area contributed by atoms with Crippen LogP contribution in [0.4, 0.5) is 18.9 Å². The molecule has 0 heterocycles. The first-order valence-electron chi connectivity index (χ1n) is 5.62. The van der Waals surface area contributed by atoms with Crippen molar-refractivity contribution >= 4 is 30.8 Å². The summed E-state index contributed by atoms with van der Waals surface area (Å²) in [6, 6.07) is 4.78. The minimum atomic E-state index is -5.02. The van der Waals surface area contributed by atoms with Crippen LogP contribution in [0.2, 0.25) is 0 Å². The molecule has 1 aromatic carbocycles. The molecule has 7 nitrogen and oxygen atoms in total. The molecule has 0 aliphatic heterocycles. The van der Waals surface area contributed by atoms with Crippen LogP contribution in [0.1, 0.15) is 0 Å². The molecular formula is C10H10F3N2Na2O5PS. The summed E-state index contributed by atoms with van der Waals surface area (Å²) < 4.78 is 53.7. The molecule has 0 aliphatic carbocycles. The average Bonchev–Trinajstić information content (AvgIpc) is 2.34. The Kier molecular flexibility index (Phi) is 13.5. The van der Waals surface area contributed by atoms with Gasteiger partial charge < -0.3 is 34.2 Å². The van der Waals surface area contributed by atoms with Gasteiger partial charge >= 0.3 is 65.5 Å². The molecular weight excluding hydrogens is 394 g/mol. The summed E-state index contributed by atoms with van der Waals surface area (Å²) in [4.78, 5) is 20.4. The average molecular weight is 404 g/mol. The fourth-order valence-corrected chi connectivity index (χ4v) is 1.77. The summed E-state index contributed by atoms with van der Waals surface area (Å²) in [6.07, 6.45) is -4.77. The molecule has 0 fully saturated rings. The number of nitrogens with one attached hydrogen (secondary N) is 2. The van der Waals surface area contributed by atoms with Gasteiger partial charge in [0.25, 0.3) is 0 Å². The van der Waals surface area contributed by atoms with E-state index in [1.807, 2.05) is 0 Å². The van der Waals surface area contributed by atoms with Crippen LogP contribution < -0.4 is 84.3 Å². The number of ether oxygens (including phenoxy) is 1. The van der Waals surface area contributed by atoms with E-state index >= 15 is 0 Å². The Balaban J connectivity index is 0. The Hall–Kier alpha value is 0.610. The van der Waals surface area contributed by atoms with E-state index in [-0.39, 0.29) is 76.5 Å². The van der Waals surface area contributed by atoms with Crippen LogP contribution in [0.25, 0.3) is 0 Å². The van der Waals surface area contributed by atoms with Gasteiger partial charge in [0.05, 0.1) is 14.4 Å². The number of hydrogen-bond donors (Lipinski definition) is 2. The molecule has 1 aromatic rings. The molecule has 0 saturated heterocycles. The number of benzene rings is 1. The molecule has 1 rings (SSSR count). The van der Waals surface area contributed by atoms with E-state index in [1.54, 1.807) is 0 Å². The third-order valence-electron chi connectivity index (χ3n) is 1.98. The van der Waals surface area contributed by atoms with Crippen molar-refractivity contribution in [3.05, 3.63) is 24.3 Å². The predicted molar refractivity (Wildman–Crippen MR) is 70.9 cm³/mol. The molecule has 124 valence electrons. The zero-order chi connectivity index (χ0) is 16.8. The van der Waals surface area contributed by atoms with Crippen LogP contribution in [0.3, 0.4) is 0 Å². The molecule has 0 amide bonds. The van der Waals surface area contributed by atoms with Gasteiger partial charge in [-0.15, -0.1) is 13.2 Å². The van der Waals surface area contributed by atoms with Crippen LogP contribution >= 0.6 is 20.0 Å². The predicted octanol–water partition coefficient (Wildman–Crippen LogP) is -5.28. The number of hydrogen-bond acceptors (Lipinski definition) is 6. The first-order chi connectivity index (χ1) is 10.1. The van der Waals surface area contributed by atoms with Crippen molar-refractivity contribution in [1.82, 2.24) is 5.32 Å². The number of halogens is 3. The van der Waals surface area contributed by atoms with E-state index in [9.17, 15) is 27.5 Å². The molecule has 0 bridgehead atoms. The van der Waals surface area contributed by atoms with E-state index < -0.39 is 20.8 Å². The number of rotatable bonds is 6. The Labute approximate surface area is 185 Å². The monoisotopic (exact) mass is 404 g/mol. The molecule has 0 unspecified atom stereocenters. The van der Waals surface area contributed by atoms with E-state index in [0.717, 1.165) is 12.1 Å². The SMILES string of the molecule is O=P([O-])([O-])OCCNC(=S)Nc1ccc(OC(F)(F)F)cc1.[Na+].[Na+]. The number of thiocarbonyl (C=S) groups is 1. The zero-order valence-electron chi connectivity index (χ0n) is 12.8. The summed E-state index contributed by atoms with van der Waals surface area (Å²) in [5.74, 6) is -0.382. The van der Waals surface area contributed by atoms with Crippen LogP contribution in [0.15, 0.2) is 24.3 Å². The Morgan fingerprint density at radius 2 is 1.75 bits per heavy atom. The summed E-state index contributed by atoms with van der Waals surface area (Å²) in [6.45, 7) is -0.444. The molecule has 14 heteroatoms. The zero-order valence-corrected chi connectivity index (χ0v) is 18.5. The molecule has 0 aromatic heterocycles. The Morgan fingerprint density at radius 1 is 1.21 bits per heavy atom. The molecule has 0 spiro atoms. The first-order valence-corrected chi connectivity index (χ1v) is 7.49. The third kappa shape index (κ3) is 13.9. The number of anilines is 1. The normalized spacial score (nSPS) is 10.9. The van der Waals surface area contributed by atoms with Gasteiger partial charge in [-0.1, -0.05) is 0 Å². The van der Waals surface area contributed by atoms with Crippen molar-refractivity contribution in [3.63, 3.8) is 0 Å². The largest absolute Gasteiger partial charge is 1.00 e. The minimum absolute atomic E-state index is 0. The van der Waals surface area contributed by atoms with Gasteiger partial charge in [-0.25, -0.2) is 0 Å². The number of phosphoric acid groups is 1. The maximum atomic E-state index is 12.0. The summed E-state index contributed by atoms with van der Waals surface area (Å²) in [5.41, 5.74) is 0.381. The van der Waals surface area contributed by atoms with Crippen LogP contribution in [-0.4, -0.2) is 24.6 Å². The fraction of sp³-hybridized carbons (Fsp3) is 0.300. The van der Waals surface area contributed by atoms with Crippen molar-refractivity contribution in [2.24, 2.45) is 0 Å². The van der Waals surface area contributed by atoms with E-state index in [0.29, 0.717) is 5.69 Å². The van der Waals surface area contributed by atoms with Crippen LogP contribution in [0.5, 0.6) is 5.75 Å². The molecule has 0 saturated carbocycles. The maximum Gasteiger partial charge on any atom is 1.00 e. The molecule has 24 heavy (non-hydrogen) atoms. The van der Waals surface area contributed by atoms with Crippen molar-refractivity contribution in [2.45, 2.75) is 6.36 Å². The van der Waals surface area contributed by atoms with Gasteiger partial charge in [0.15, 0.2) is 5.11 Å². The molecule has 0 atom stereocenters. The van der Waals surface area contributed by atoms with Crippen LogP contribution in [-0.2, 0) is 9.09 Å². The standard InChI is InChI=1S/C10H12F3N2O5PS.2Na/c11-10(12,13)20-8-3-1-7(2-4-8)15-9(22)14-5-6-19-21(16,17)18;;/h1-4H,5-6H2,(H2,14,15,22)(H2,16,17,18);;/q;2*+1/p-2. The minimum Gasteiger partial charge on any atom is -0.790 e. The van der Waals surface area contributed by atoms with E-state index in [2.05, 4.69) is 19.9 Å². The van der Waals surface area contributed by atoms with Gasteiger partial charge in [-0.2, -0.15) is 0 Å². The fourth-order valence-electron chi connectivity index (χ4n) is 1.24. The topological polar surface area (TPSA) is 106 Å². The van der Waals surface area contributed by atoms with Crippen molar-refractivity contribution in [3.8, 4) is 5.75 Å². The Bertz CT molecular complexity index is 558. The van der Waals surface area contributed by atoms with Crippen LogP contribution in [0, 0.1) is 0 Å². The third-order valence-corrected chi connectivity index (χ3v) is 2.73. The van der Waals surface area contributed by atoms with Crippen molar-refractivity contribution < 1.29 is 95.9 Å². The van der Waals surface area contributed by atoms with Gasteiger partial charge in [0.1, 0.15) is 5.75 Å². The van der Waals surface area contributed by atoms with Gasteiger partial charge in [-0.05, 0) is 36.5 Å².